The number of rotatable bonds is 5. The largest absolute Gasteiger partial charge is 0.480 e. The Hall–Kier alpha value is -1.33. The van der Waals surface area contributed by atoms with Crippen LogP contribution in [-0.4, -0.2) is 40.0 Å². The van der Waals surface area contributed by atoms with Crippen molar-refractivity contribution in [3.63, 3.8) is 0 Å². The lowest BCUT2D eigenvalue weighted by molar-refractivity contribution is -0.137. The van der Waals surface area contributed by atoms with Crippen molar-refractivity contribution in [1.29, 1.82) is 0 Å². The Bertz CT molecular complexity index is 492. The second-order valence-electron chi connectivity index (χ2n) is 4.47. The van der Waals surface area contributed by atoms with E-state index in [2.05, 4.69) is 4.98 Å². The summed E-state index contributed by atoms with van der Waals surface area (Å²) in [4.78, 5) is 28.0. The van der Waals surface area contributed by atoms with Crippen molar-refractivity contribution in [2.24, 2.45) is 5.92 Å². The molecule has 19 heavy (non-hydrogen) atoms. The summed E-state index contributed by atoms with van der Waals surface area (Å²) in [7, 11) is 0. The van der Waals surface area contributed by atoms with Gasteiger partial charge in [-0.2, -0.15) is 0 Å². The second-order valence-corrected chi connectivity index (χ2v) is 5.24. The van der Waals surface area contributed by atoms with Crippen LogP contribution in [0.3, 0.4) is 0 Å². The first-order valence-electron chi connectivity index (χ1n) is 5.63. The maximum atomic E-state index is 12.2. The zero-order valence-electron chi connectivity index (χ0n) is 10.6. The van der Waals surface area contributed by atoms with E-state index in [1.807, 2.05) is 13.8 Å². The van der Waals surface area contributed by atoms with Crippen LogP contribution in [0.15, 0.2) is 12.3 Å². The lowest BCUT2D eigenvalue weighted by atomic mass is 10.1. The molecule has 0 saturated heterocycles. The second kappa shape index (κ2) is 6.73. The van der Waals surface area contributed by atoms with Crippen molar-refractivity contribution in [3.8, 4) is 0 Å². The number of aliphatic carboxylic acids is 1. The van der Waals surface area contributed by atoms with Crippen molar-refractivity contribution >= 4 is 35.1 Å². The highest BCUT2D eigenvalue weighted by Crippen LogP contribution is 2.20. The molecule has 1 heterocycles. The van der Waals surface area contributed by atoms with Gasteiger partial charge >= 0.3 is 5.97 Å². The van der Waals surface area contributed by atoms with Gasteiger partial charge in [0.05, 0.1) is 10.6 Å². The van der Waals surface area contributed by atoms with Crippen LogP contribution in [0, 0.1) is 5.92 Å². The third kappa shape index (κ3) is 4.69. The molecule has 0 radical (unpaired) electrons. The quantitative estimate of drug-likeness (QED) is 0.849. The van der Waals surface area contributed by atoms with Crippen LogP contribution in [0.1, 0.15) is 24.2 Å². The standard InChI is InChI=1S/C12H14Cl2N2O3/c1-7(2)5-16(6-10(17)18)12(19)8-3-9(13)11(14)15-4-8/h3-4,7H,5-6H2,1-2H3,(H,17,18). The van der Waals surface area contributed by atoms with Gasteiger partial charge in [-0.05, 0) is 12.0 Å². The minimum Gasteiger partial charge on any atom is -0.480 e. The van der Waals surface area contributed by atoms with Crippen molar-refractivity contribution in [3.05, 3.63) is 28.0 Å². The van der Waals surface area contributed by atoms with E-state index < -0.39 is 11.9 Å². The van der Waals surface area contributed by atoms with E-state index in [0.717, 1.165) is 0 Å². The smallest absolute Gasteiger partial charge is 0.323 e. The first-order chi connectivity index (χ1) is 8.81. The molecule has 0 fully saturated rings. The van der Waals surface area contributed by atoms with Crippen molar-refractivity contribution < 1.29 is 14.7 Å². The molecule has 0 aromatic carbocycles. The number of carbonyl (C=O) groups excluding carboxylic acids is 1. The first-order valence-corrected chi connectivity index (χ1v) is 6.39. The Kier molecular flexibility index (Phi) is 5.57. The van der Waals surface area contributed by atoms with Crippen molar-refractivity contribution in [2.45, 2.75) is 13.8 Å². The average molecular weight is 305 g/mol. The van der Waals surface area contributed by atoms with Crippen molar-refractivity contribution in [2.75, 3.05) is 13.1 Å². The fraction of sp³-hybridized carbons (Fsp3) is 0.417. The van der Waals surface area contributed by atoms with E-state index in [0.29, 0.717) is 6.54 Å². The van der Waals surface area contributed by atoms with Gasteiger partial charge in [-0.15, -0.1) is 0 Å². The van der Waals surface area contributed by atoms with Gasteiger partial charge in [-0.1, -0.05) is 37.0 Å². The van der Waals surface area contributed by atoms with E-state index >= 15 is 0 Å². The van der Waals surface area contributed by atoms with Crippen molar-refractivity contribution in [1.82, 2.24) is 9.88 Å². The third-order valence-electron chi connectivity index (χ3n) is 2.24. The van der Waals surface area contributed by atoms with E-state index in [1.54, 1.807) is 0 Å². The lowest BCUT2D eigenvalue weighted by Gasteiger charge is -2.22. The zero-order valence-corrected chi connectivity index (χ0v) is 12.1. The summed E-state index contributed by atoms with van der Waals surface area (Å²) in [5.74, 6) is -1.34. The molecule has 1 amide bonds. The zero-order chi connectivity index (χ0) is 14.6. The molecule has 1 N–H and O–H groups in total. The fourth-order valence-electron chi connectivity index (χ4n) is 1.54. The number of carbonyl (C=O) groups is 2. The molecule has 104 valence electrons. The first kappa shape index (κ1) is 15.7. The number of nitrogens with zero attached hydrogens (tertiary/aromatic N) is 2. The summed E-state index contributed by atoms with van der Waals surface area (Å²) in [6, 6.07) is 1.38. The summed E-state index contributed by atoms with van der Waals surface area (Å²) in [5, 5.41) is 9.10. The molecular formula is C12H14Cl2N2O3. The average Bonchev–Trinajstić information content (AvgIpc) is 2.29. The number of aromatic nitrogens is 1. The van der Waals surface area contributed by atoms with Crippen LogP contribution >= 0.6 is 23.2 Å². The fourth-order valence-corrected chi connectivity index (χ4v) is 1.81. The molecule has 1 aromatic heterocycles. The number of pyridine rings is 1. The van der Waals surface area contributed by atoms with Gasteiger partial charge in [-0.3, -0.25) is 9.59 Å². The SMILES string of the molecule is CC(C)CN(CC(=O)O)C(=O)c1cnc(Cl)c(Cl)c1. The van der Waals surface area contributed by atoms with Gasteiger partial charge in [0, 0.05) is 12.7 Å². The van der Waals surface area contributed by atoms with Crippen LogP contribution in [-0.2, 0) is 4.79 Å². The summed E-state index contributed by atoms with van der Waals surface area (Å²) < 4.78 is 0. The Labute approximate surface area is 121 Å². The van der Waals surface area contributed by atoms with E-state index in [-0.39, 0.29) is 28.2 Å². The Morgan fingerprint density at radius 2 is 2.05 bits per heavy atom. The van der Waals surface area contributed by atoms with Crippen LogP contribution in [0.5, 0.6) is 0 Å². The highest BCUT2D eigenvalue weighted by Gasteiger charge is 2.20. The third-order valence-corrected chi connectivity index (χ3v) is 2.93. The van der Waals surface area contributed by atoms with E-state index in [4.69, 9.17) is 28.3 Å². The van der Waals surface area contributed by atoms with E-state index in [1.165, 1.54) is 17.2 Å². The van der Waals surface area contributed by atoms with Crippen LogP contribution in [0.4, 0.5) is 0 Å². The molecule has 0 aliphatic rings. The van der Waals surface area contributed by atoms with Crippen LogP contribution in [0.2, 0.25) is 10.2 Å². The molecule has 0 aliphatic heterocycles. The molecule has 0 aliphatic carbocycles. The van der Waals surface area contributed by atoms with Crippen LogP contribution < -0.4 is 0 Å². The molecule has 0 spiro atoms. The van der Waals surface area contributed by atoms with Gasteiger partial charge in [0.1, 0.15) is 11.7 Å². The Morgan fingerprint density at radius 1 is 1.42 bits per heavy atom. The van der Waals surface area contributed by atoms with Gasteiger partial charge in [0.15, 0.2) is 0 Å². The predicted molar refractivity (Wildman–Crippen MR) is 72.6 cm³/mol. The molecule has 0 bridgehead atoms. The van der Waals surface area contributed by atoms with Gasteiger partial charge in [0.2, 0.25) is 0 Å². The Morgan fingerprint density at radius 3 is 2.53 bits per heavy atom. The molecule has 0 unspecified atom stereocenters. The number of halogens is 2. The summed E-state index contributed by atoms with van der Waals surface area (Å²) in [6.07, 6.45) is 1.28. The summed E-state index contributed by atoms with van der Waals surface area (Å²) >= 11 is 11.5. The monoisotopic (exact) mass is 304 g/mol. The maximum absolute atomic E-state index is 12.2. The van der Waals surface area contributed by atoms with Gasteiger partial charge < -0.3 is 10.0 Å². The predicted octanol–water partition coefficient (Wildman–Crippen LogP) is 2.57. The molecule has 1 aromatic rings. The topological polar surface area (TPSA) is 70.5 Å². The minimum absolute atomic E-state index is 0.104. The summed E-state index contributed by atoms with van der Waals surface area (Å²) in [6.45, 7) is 3.77. The summed E-state index contributed by atoms with van der Waals surface area (Å²) in [5.41, 5.74) is 0.219. The van der Waals surface area contributed by atoms with Crippen LogP contribution in [0.25, 0.3) is 0 Å². The molecule has 7 heteroatoms. The normalized spacial score (nSPS) is 10.6. The minimum atomic E-state index is -1.07. The lowest BCUT2D eigenvalue weighted by Crippen LogP contribution is -2.38. The molecular weight excluding hydrogens is 291 g/mol. The maximum Gasteiger partial charge on any atom is 0.323 e. The number of carboxylic acid groups (broad SMARTS) is 1. The molecule has 0 atom stereocenters. The number of hydrogen-bond acceptors (Lipinski definition) is 3. The van der Waals surface area contributed by atoms with Gasteiger partial charge in [-0.25, -0.2) is 4.98 Å². The van der Waals surface area contributed by atoms with E-state index in [9.17, 15) is 9.59 Å². The highest BCUT2D eigenvalue weighted by atomic mass is 35.5. The molecule has 5 nitrogen and oxygen atoms in total. The number of amides is 1. The molecule has 0 saturated carbocycles. The molecule has 1 rings (SSSR count). The number of hydrogen-bond donors (Lipinski definition) is 1. The van der Waals surface area contributed by atoms with Gasteiger partial charge in [0.25, 0.3) is 5.91 Å². The highest BCUT2D eigenvalue weighted by molar-refractivity contribution is 6.41. The number of carboxylic acids is 1. The Balaban J connectivity index is 2.97.